The number of rotatable bonds is 4. The Hall–Kier alpha value is -2.87. The summed E-state index contributed by atoms with van der Waals surface area (Å²) in [6, 6.07) is 11.3. The van der Waals surface area contributed by atoms with Gasteiger partial charge < -0.3 is 10.6 Å². The maximum atomic E-state index is 12.0. The van der Waals surface area contributed by atoms with Crippen molar-refractivity contribution in [3.8, 4) is 6.07 Å². The Labute approximate surface area is 122 Å². The van der Waals surface area contributed by atoms with Gasteiger partial charge in [-0.1, -0.05) is 6.07 Å². The van der Waals surface area contributed by atoms with Gasteiger partial charge >= 0.3 is 0 Å². The molecule has 1 fully saturated rings. The number of nitrogens with zero attached hydrogens (tertiary/aromatic N) is 2. The summed E-state index contributed by atoms with van der Waals surface area (Å²) in [5.41, 5.74) is 2.61. The van der Waals surface area contributed by atoms with Crippen LogP contribution in [0.5, 0.6) is 0 Å². The largest absolute Gasteiger partial charge is 0.354 e. The number of anilines is 2. The number of pyridine rings is 1. The van der Waals surface area contributed by atoms with Gasteiger partial charge in [0.2, 0.25) is 0 Å². The van der Waals surface area contributed by atoms with E-state index in [2.05, 4.69) is 21.7 Å². The SMILES string of the molecule is N#Cc1cccc(Nc2cncc(C(=O)NC3CC3)c2)c1. The van der Waals surface area contributed by atoms with E-state index in [0.717, 1.165) is 18.5 Å². The molecule has 0 unspecified atom stereocenters. The molecule has 5 heteroatoms. The second kappa shape index (κ2) is 5.63. The highest BCUT2D eigenvalue weighted by molar-refractivity contribution is 5.95. The molecule has 2 aromatic rings. The molecule has 0 aliphatic heterocycles. The smallest absolute Gasteiger partial charge is 0.253 e. The average molecular weight is 278 g/mol. The molecule has 0 atom stereocenters. The molecule has 0 saturated heterocycles. The molecule has 1 aromatic heterocycles. The zero-order valence-corrected chi connectivity index (χ0v) is 11.3. The summed E-state index contributed by atoms with van der Waals surface area (Å²) in [5.74, 6) is -0.0978. The van der Waals surface area contributed by atoms with Gasteiger partial charge in [-0.2, -0.15) is 5.26 Å². The zero-order chi connectivity index (χ0) is 14.7. The predicted molar refractivity (Wildman–Crippen MR) is 79.2 cm³/mol. The van der Waals surface area contributed by atoms with E-state index in [1.807, 2.05) is 6.07 Å². The van der Waals surface area contributed by atoms with Crippen LogP contribution in [-0.4, -0.2) is 16.9 Å². The van der Waals surface area contributed by atoms with Crippen LogP contribution in [0.3, 0.4) is 0 Å². The first-order chi connectivity index (χ1) is 10.2. The van der Waals surface area contributed by atoms with Crippen LogP contribution in [0.2, 0.25) is 0 Å². The lowest BCUT2D eigenvalue weighted by Crippen LogP contribution is -2.25. The maximum absolute atomic E-state index is 12.0. The summed E-state index contributed by atoms with van der Waals surface area (Å²) in [6.45, 7) is 0. The van der Waals surface area contributed by atoms with E-state index in [-0.39, 0.29) is 5.91 Å². The summed E-state index contributed by atoms with van der Waals surface area (Å²) in [7, 11) is 0. The molecule has 0 bridgehead atoms. The lowest BCUT2D eigenvalue weighted by molar-refractivity contribution is 0.0951. The molecule has 0 radical (unpaired) electrons. The Balaban J connectivity index is 1.76. The fourth-order valence-electron chi connectivity index (χ4n) is 1.96. The summed E-state index contributed by atoms with van der Waals surface area (Å²) in [4.78, 5) is 16.1. The van der Waals surface area contributed by atoms with Crippen LogP contribution in [0.1, 0.15) is 28.8 Å². The highest BCUT2D eigenvalue weighted by Gasteiger charge is 2.23. The number of carbonyl (C=O) groups is 1. The predicted octanol–water partition coefficient (Wildman–Crippen LogP) is 2.59. The lowest BCUT2D eigenvalue weighted by Gasteiger charge is -2.08. The Bertz CT molecular complexity index is 716. The molecule has 3 rings (SSSR count). The first kappa shape index (κ1) is 13.1. The van der Waals surface area contributed by atoms with Gasteiger partial charge in [-0.3, -0.25) is 9.78 Å². The minimum Gasteiger partial charge on any atom is -0.354 e. The molecule has 1 aromatic carbocycles. The molecule has 0 spiro atoms. The summed E-state index contributed by atoms with van der Waals surface area (Å²) in [5, 5.41) is 15.0. The Morgan fingerprint density at radius 3 is 2.86 bits per heavy atom. The van der Waals surface area contributed by atoms with Gasteiger partial charge in [0.15, 0.2) is 0 Å². The molecular formula is C16H14N4O. The number of aromatic nitrogens is 1. The van der Waals surface area contributed by atoms with Gasteiger partial charge in [-0.25, -0.2) is 0 Å². The molecule has 1 heterocycles. The quantitative estimate of drug-likeness (QED) is 0.901. The van der Waals surface area contributed by atoms with Crippen LogP contribution in [0.25, 0.3) is 0 Å². The standard InChI is InChI=1S/C16H14N4O/c17-8-11-2-1-3-14(6-11)19-15-7-12(9-18-10-15)16(21)20-13-4-5-13/h1-3,6-7,9-10,13,19H,4-5H2,(H,20,21). The molecular weight excluding hydrogens is 264 g/mol. The van der Waals surface area contributed by atoms with Crippen LogP contribution in [0, 0.1) is 11.3 Å². The van der Waals surface area contributed by atoms with E-state index >= 15 is 0 Å². The van der Waals surface area contributed by atoms with E-state index in [1.54, 1.807) is 36.7 Å². The lowest BCUT2D eigenvalue weighted by atomic mass is 10.2. The van der Waals surface area contributed by atoms with Crippen molar-refractivity contribution in [3.05, 3.63) is 53.9 Å². The van der Waals surface area contributed by atoms with Crippen molar-refractivity contribution in [2.24, 2.45) is 0 Å². The molecule has 1 saturated carbocycles. The number of nitriles is 1. The first-order valence-electron chi connectivity index (χ1n) is 6.78. The van der Waals surface area contributed by atoms with Crippen molar-refractivity contribution in [2.75, 3.05) is 5.32 Å². The number of nitrogens with one attached hydrogen (secondary N) is 2. The third-order valence-electron chi connectivity index (χ3n) is 3.19. The van der Waals surface area contributed by atoms with Crippen LogP contribution >= 0.6 is 0 Å². The van der Waals surface area contributed by atoms with Gasteiger partial charge in [-0.15, -0.1) is 0 Å². The van der Waals surface area contributed by atoms with Crippen molar-refractivity contribution in [3.63, 3.8) is 0 Å². The summed E-state index contributed by atoms with van der Waals surface area (Å²) in [6.07, 6.45) is 5.30. The van der Waals surface area contributed by atoms with E-state index in [0.29, 0.717) is 22.9 Å². The first-order valence-corrected chi connectivity index (χ1v) is 6.78. The van der Waals surface area contributed by atoms with Crippen molar-refractivity contribution in [1.29, 1.82) is 5.26 Å². The van der Waals surface area contributed by atoms with E-state index in [4.69, 9.17) is 5.26 Å². The van der Waals surface area contributed by atoms with Gasteiger partial charge in [0, 0.05) is 17.9 Å². The minimum absolute atomic E-state index is 0.0978. The normalized spacial score (nSPS) is 13.3. The Morgan fingerprint density at radius 1 is 1.24 bits per heavy atom. The monoisotopic (exact) mass is 278 g/mol. The van der Waals surface area contributed by atoms with Crippen molar-refractivity contribution < 1.29 is 4.79 Å². The molecule has 1 amide bonds. The number of hydrogen-bond donors (Lipinski definition) is 2. The Morgan fingerprint density at radius 2 is 2.10 bits per heavy atom. The fourth-order valence-corrected chi connectivity index (χ4v) is 1.96. The highest BCUT2D eigenvalue weighted by atomic mass is 16.1. The van der Waals surface area contributed by atoms with Crippen LogP contribution in [0.4, 0.5) is 11.4 Å². The fraction of sp³-hybridized carbons (Fsp3) is 0.188. The minimum atomic E-state index is -0.0978. The summed E-state index contributed by atoms with van der Waals surface area (Å²) < 4.78 is 0. The number of hydrogen-bond acceptors (Lipinski definition) is 4. The topological polar surface area (TPSA) is 77.8 Å². The van der Waals surface area contributed by atoms with Gasteiger partial charge in [-0.05, 0) is 37.1 Å². The Kier molecular flexibility index (Phi) is 3.52. The number of carbonyl (C=O) groups excluding carboxylic acids is 1. The maximum Gasteiger partial charge on any atom is 0.253 e. The van der Waals surface area contributed by atoms with Crippen molar-refractivity contribution >= 4 is 17.3 Å². The molecule has 2 N–H and O–H groups in total. The van der Waals surface area contributed by atoms with E-state index in [1.165, 1.54) is 0 Å². The second-order valence-electron chi connectivity index (χ2n) is 5.03. The molecule has 5 nitrogen and oxygen atoms in total. The molecule has 21 heavy (non-hydrogen) atoms. The summed E-state index contributed by atoms with van der Waals surface area (Å²) >= 11 is 0. The number of amides is 1. The average Bonchev–Trinajstić information content (AvgIpc) is 3.31. The van der Waals surface area contributed by atoms with Gasteiger partial charge in [0.1, 0.15) is 0 Å². The van der Waals surface area contributed by atoms with Crippen LogP contribution < -0.4 is 10.6 Å². The zero-order valence-electron chi connectivity index (χ0n) is 11.3. The third kappa shape index (κ3) is 3.37. The molecule has 1 aliphatic rings. The van der Waals surface area contributed by atoms with Crippen LogP contribution in [-0.2, 0) is 0 Å². The van der Waals surface area contributed by atoms with Crippen LogP contribution in [0.15, 0.2) is 42.7 Å². The van der Waals surface area contributed by atoms with Gasteiger partial charge in [0.05, 0.1) is 29.1 Å². The molecule has 1 aliphatic carbocycles. The van der Waals surface area contributed by atoms with Crippen molar-refractivity contribution in [1.82, 2.24) is 10.3 Å². The van der Waals surface area contributed by atoms with Gasteiger partial charge in [0.25, 0.3) is 5.91 Å². The molecule has 104 valence electrons. The van der Waals surface area contributed by atoms with Crippen molar-refractivity contribution in [2.45, 2.75) is 18.9 Å². The highest BCUT2D eigenvalue weighted by Crippen LogP contribution is 2.21. The third-order valence-corrected chi connectivity index (χ3v) is 3.19. The number of benzene rings is 1. The second-order valence-corrected chi connectivity index (χ2v) is 5.03. The van der Waals surface area contributed by atoms with E-state index < -0.39 is 0 Å². The van der Waals surface area contributed by atoms with E-state index in [9.17, 15) is 4.79 Å².